The van der Waals surface area contributed by atoms with Crippen LogP contribution in [0.3, 0.4) is 0 Å². The Morgan fingerprint density at radius 3 is 2.22 bits per heavy atom. The molecule has 4 nitrogen and oxygen atoms in total. The van der Waals surface area contributed by atoms with Crippen LogP contribution in [0.1, 0.15) is 20.8 Å². The molecule has 0 atom stereocenters. The van der Waals surface area contributed by atoms with Crippen LogP contribution in [-0.4, -0.2) is 86.8 Å². The second-order valence-electron chi connectivity index (χ2n) is 5.46. The van der Waals surface area contributed by atoms with E-state index in [1.807, 2.05) is 0 Å². The minimum absolute atomic E-state index is 0.607. The molecule has 0 aliphatic carbocycles. The van der Waals surface area contributed by atoms with E-state index in [2.05, 4.69) is 42.5 Å². The van der Waals surface area contributed by atoms with E-state index in [4.69, 9.17) is 4.74 Å². The second-order valence-corrected chi connectivity index (χ2v) is 5.46. The minimum Gasteiger partial charge on any atom is -0.379 e. The van der Waals surface area contributed by atoms with Crippen molar-refractivity contribution in [3.05, 3.63) is 0 Å². The molecule has 1 saturated heterocycles. The third-order valence-corrected chi connectivity index (χ3v) is 3.93. The topological polar surface area (TPSA) is 19.0 Å². The minimum atomic E-state index is 0.607. The highest BCUT2D eigenvalue weighted by Gasteiger charge is 2.14. The fraction of sp³-hybridized carbons (Fsp3) is 1.00. The molecule has 0 aromatic heterocycles. The van der Waals surface area contributed by atoms with Gasteiger partial charge in [-0.1, -0.05) is 6.92 Å². The summed E-state index contributed by atoms with van der Waals surface area (Å²) in [6.07, 6.45) is 0. The van der Waals surface area contributed by atoms with Gasteiger partial charge in [-0.25, -0.2) is 0 Å². The maximum absolute atomic E-state index is 5.71. The maximum Gasteiger partial charge on any atom is 0.0594 e. The van der Waals surface area contributed by atoms with Gasteiger partial charge in [0.2, 0.25) is 0 Å². The van der Waals surface area contributed by atoms with Gasteiger partial charge >= 0.3 is 0 Å². The largest absolute Gasteiger partial charge is 0.379 e. The molecule has 0 bridgehead atoms. The molecule has 0 spiro atoms. The first kappa shape index (κ1) is 15.9. The fourth-order valence-corrected chi connectivity index (χ4v) is 2.09. The summed E-state index contributed by atoms with van der Waals surface area (Å²) in [6, 6.07) is 0.607. The Hall–Kier alpha value is -0.160. The van der Waals surface area contributed by atoms with Crippen LogP contribution >= 0.6 is 0 Å². The third-order valence-electron chi connectivity index (χ3n) is 3.93. The van der Waals surface area contributed by atoms with Crippen LogP contribution in [0.5, 0.6) is 0 Å². The Morgan fingerprint density at radius 2 is 1.67 bits per heavy atom. The molecule has 0 unspecified atom stereocenters. The summed E-state index contributed by atoms with van der Waals surface area (Å²) < 4.78 is 5.71. The molecule has 1 rings (SSSR count). The molecule has 18 heavy (non-hydrogen) atoms. The third kappa shape index (κ3) is 6.14. The standard InChI is InChI=1S/C14H31N3O/c1-5-16-6-8-17(9-7-16)11-13-18-12-10-15(4)14(2)3/h14H,5-13H2,1-4H3. The summed E-state index contributed by atoms with van der Waals surface area (Å²) in [4.78, 5) is 7.34. The average Bonchev–Trinajstić information content (AvgIpc) is 2.38. The van der Waals surface area contributed by atoms with Crippen molar-refractivity contribution in [1.82, 2.24) is 14.7 Å². The quantitative estimate of drug-likeness (QED) is 0.603. The van der Waals surface area contributed by atoms with Crippen LogP contribution in [0.2, 0.25) is 0 Å². The molecule has 0 radical (unpaired) electrons. The fourth-order valence-electron chi connectivity index (χ4n) is 2.09. The van der Waals surface area contributed by atoms with Gasteiger partial charge in [0.25, 0.3) is 0 Å². The second kappa shape index (κ2) is 8.86. The van der Waals surface area contributed by atoms with Crippen molar-refractivity contribution in [3.63, 3.8) is 0 Å². The monoisotopic (exact) mass is 257 g/mol. The van der Waals surface area contributed by atoms with Gasteiger partial charge in [-0.3, -0.25) is 4.90 Å². The number of likely N-dealkylation sites (N-methyl/N-ethyl adjacent to an activating group) is 2. The summed E-state index contributed by atoms with van der Waals surface area (Å²) >= 11 is 0. The van der Waals surface area contributed by atoms with Crippen LogP contribution < -0.4 is 0 Å². The van der Waals surface area contributed by atoms with Gasteiger partial charge in [0, 0.05) is 45.3 Å². The molecular weight excluding hydrogens is 226 g/mol. The number of rotatable bonds is 8. The molecule has 0 amide bonds. The number of hydrogen-bond acceptors (Lipinski definition) is 4. The molecule has 0 aromatic carbocycles. The Balaban J connectivity index is 1.95. The van der Waals surface area contributed by atoms with Gasteiger partial charge in [0.15, 0.2) is 0 Å². The van der Waals surface area contributed by atoms with Crippen molar-refractivity contribution < 1.29 is 4.74 Å². The van der Waals surface area contributed by atoms with Crippen LogP contribution in [0.4, 0.5) is 0 Å². The zero-order chi connectivity index (χ0) is 13.4. The van der Waals surface area contributed by atoms with E-state index >= 15 is 0 Å². The van der Waals surface area contributed by atoms with E-state index < -0.39 is 0 Å². The van der Waals surface area contributed by atoms with Gasteiger partial charge in [-0.05, 0) is 27.4 Å². The Bertz CT molecular complexity index is 203. The highest BCUT2D eigenvalue weighted by Crippen LogP contribution is 2.00. The molecular formula is C14H31N3O. The van der Waals surface area contributed by atoms with E-state index in [0.29, 0.717) is 6.04 Å². The predicted molar refractivity (Wildman–Crippen MR) is 77.1 cm³/mol. The lowest BCUT2D eigenvalue weighted by Gasteiger charge is -2.33. The summed E-state index contributed by atoms with van der Waals surface area (Å²) in [7, 11) is 2.15. The molecule has 108 valence electrons. The lowest BCUT2D eigenvalue weighted by Crippen LogP contribution is -2.47. The van der Waals surface area contributed by atoms with E-state index in [9.17, 15) is 0 Å². The molecule has 0 saturated carbocycles. The molecule has 0 aromatic rings. The zero-order valence-electron chi connectivity index (χ0n) is 12.7. The number of ether oxygens (including phenoxy) is 1. The van der Waals surface area contributed by atoms with Crippen LogP contribution in [-0.2, 0) is 4.74 Å². The average molecular weight is 257 g/mol. The van der Waals surface area contributed by atoms with Gasteiger partial charge in [0.1, 0.15) is 0 Å². The van der Waals surface area contributed by atoms with Crippen LogP contribution in [0.15, 0.2) is 0 Å². The van der Waals surface area contributed by atoms with Gasteiger partial charge in [-0.2, -0.15) is 0 Å². The van der Waals surface area contributed by atoms with Gasteiger partial charge in [0.05, 0.1) is 13.2 Å². The Kier molecular flexibility index (Phi) is 7.82. The van der Waals surface area contributed by atoms with E-state index in [-0.39, 0.29) is 0 Å². The van der Waals surface area contributed by atoms with Crippen molar-refractivity contribution in [2.24, 2.45) is 0 Å². The lowest BCUT2D eigenvalue weighted by molar-refractivity contribution is 0.0649. The van der Waals surface area contributed by atoms with Gasteiger partial charge < -0.3 is 14.5 Å². The molecule has 1 heterocycles. The highest BCUT2D eigenvalue weighted by molar-refractivity contribution is 4.70. The highest BCUT2D eigenvalue weighted by atomic mass is 16.5. The van der Waals surface area contributed by atoms with E-state index in [0.717, 1.165) is 26.3 Å². The predicted octanol–water partition coefficient (Wildman–Crippen LogP) is 0.981. The van der Waals surface area contributed by atoms with E-state index in [1.54, 1.807) is 0 Å². The maximum atomic E-state index is 5.71. The van der Waals surface area contributed by atoms with Gasteiger partial charge in [-0.15, -0.1) is 0 Å². The normalized spacial score (nSPS) is 19.0. The first-order valence-corrected chi connectivity index (χ1v) is 7.36. The van der Waals surface area contributed by atoms with Crippen LogP contribution in [0, 0.1) is 0 Å². The molecule has 4 heteroatoms. The number of piperazine rings is 1. The van der Waals surface area contributed by atoms with E-state index in [1.165, 1.54) is 32.7 Å². The summed E-state index contributed by atoms with van der Waals surface area (Å²) in [6.45, 7) is 16.5. The number of hydrogen-bond donors (Lipinski definition) is 0. The lowest BCUT2D eigenvalue weighted by atomic mass is 10.3. The SMILES string of the molecule is CCN1CCN(CCOCCN(C)C(C)C)CC1. The Morgan fingerprint density at radius 1 is 1.06 bits per heavy atom. The van der Waals surface area contributed by atoms with Crippen LogP contribution in [0.25, 0.3) is 0 Å². The van der Waals surface area contributed by atoms with Crippen molar-refractivity contribution in [1.29, 1.82) is 0 Å². The molecule has 0 N–H and O–H groups in total. The van der Waals surface area contributed by atoms with Crippen molar-refractivity contribution in [2.45, 2.75) is 26.8 Å². The summed E-state index contributed by atoms with van der Waals surface area (Å²) in [5.41, 5.74) is 0. The summed E-state index contributed by atoms with van der Waals surface area (Å²) in [5, 5.41) is 0. The molecule has 1 aliphatic heterocycles. The first-order chi connectivity index (χ1) is 8.63. The zero-order valence-corrected chi connectivity index (χ0v) is 12.7. The smallest absolute Gasteiger partial charge is 0.0594 e. The van der Waals surface area contributed by atoms with Crippen molar-refractivity contribution >= 4 is 0 Å². The van der Waals surface area contributed by atoms with Crippen molar-refractivity contribution in [2.75, 3.05) is 66.1 Å². The van der Waals surface area contributed by atoms with Crippen molar-refractivity contribution in [3.8, 4) is 0 Å². The molecule has 1 aliphatic rings. The first-order valence-electron chi connectivity index (χ1n) is 7.36. The summed E-state index contributed by atoms with van der Waals surface area (Å²) in [5.74, 6) is 0. The number of nitrogens with zero attached hydrogens (tertiary/aromatic N) is 3. The Labute approximate surface area is 113 Å². The molecule has 1 fully saturated rings.